The zero-order chi connectivity index (χ0) is 17.4. The molecule has 2 heterocycles. The molecular formula is C18H11Cl2N3O2. The molecule has 0 fully saturated rings. The second-order valence-electron chi connectivity index (χ2n) is 5.49. The summed E-state index contributed by atoms with van der Waals surface area (Å²) in [6.45, 7) is 0.248. The molecule has 0 amide bonds. The Hall–Kier alpha value is -2.63. The Morgan fingerprint density at radius 2 is 1.92 bits per heavy atom. The summed E-state index contributed by atoms with van der Waals surface area (Å²) in [7, 11) is 0. The van der Waals surface area contributed by atoms with Gasteiger partial charge in [-0.2, -0.15) is 0 Å². The number of rotatable bonds is 3. The first-order valence-corrected chi connectivity index (χ1v) is 8.21. The number of aromatic nitrogens is 3. The summed E-state index contributed by atoms with van der Waals surface area (Å²) in [5.41, 5.74) is 1.81. The van der Waals surface area contributed by atoms with Crippen molar-refractivity contribution >= 4 is 34.1 Å². The van der Waals surface area contributed by atoms with Crippen LogP contribution in [0.5, 0.6) is 0 Å². The SMILES string of the molecule is O=c1c2cc(Cl)ccc2ncn1Cc1coc(-c2cccc(Cl)c2)n1. The fourth-order valence-corrected chi connectivity index (χ4v) is 2.91. The van der Waals surface area contributed by atoms with Crippen LogP contribution in [0.1, 0.15) is 5.69 Å². The van der Waals surface area contributed by atoms with Crippen molar-refractivity contribution in [3.63, 3.8) is 0 Å². The highest BCUT2D eigenvalue weighted by molar-refractivity contribution is 6.31. The van der Waals surface area contributed by atoms with Gasteiger partial charge in [-0.15, -0.1) is 0 Å². The predicted octanol–water partition coefficient (Wildman–Crippen LogP) is 4.41. The predicted molar refractivity (Wildman–Crippen MR) is 97.1 cm³/mol. The molecule has 0 unspecified atom stereocenters. The quantitative estimate of drug-likeness (QED) is 0.535. The Kier molecular flexibility index (Phi) is 4.03. The van der Waals surface area contributed by atoms with E-state index in [9.17, 15) is 4.79 Å². The summed E-state index contributed by atoms with van der Waals surface area (Å²) < 4.78 is 6.97. The van der Waals surface area contributed by atoms with Crippen LogP contribution in [-0.4, -0.2) is 14.5 Å². The summed E-state index contributed by atoms with van der Waals surface area (Å²) in [6.07, 6.45) is 3.01. The zero-order valence-electron chi connectivity index (χ0n) is 12.8. The van der Waals surface area contributed by atoms with Crippen LogP contribution in [0.4, 0.5) is 0 Å². The van der Waals surface area contributed by atoms with E-state index in [0.717, 1.165) is 5.56 Å². The van der Waals surface area contributed by atoms with Gasteiger partial charge in [-0.25, -0.2) is 9.97 Å². The lowest BCUT2D eigenvalue weighted by Gasteiger charge is -2.04. The number of benzene rings is 2. The van der Waals surface area contributed by atoms with Crippen LogP contribution in [0.2, 0.25) is 10.0 Å². The van der Waals surface area contributed by atoms with Crippen molar-refractivity contribution < 1.29 is 4.42 Å². The van der Waals surface area contributed by atoms with Crippen LogP contribution in [0.3, 0.4) is 0 Å². The Morgan fingerprint density at radius 1 is 1.08 bits per heavy atom. The van der Waals surface area contributed by atoms with Gasteiger partial charge in [0, 0.05) is 15.6 Å². The Bertz CT molecular complexity index is 1130. The van der Waals surface area contributed by atoms with E-state index in [-0.39, 0.29) is 12.1 Å². The van der Waals surface area contributed by atoms with Crippen molar-refractivity contribution in [1.82, 2.24) is 14.5 Å². The summed E-state index contributed by atoms with van der Waals surface area (Å²) >= 11 is 12.0. The average Bonchev–Trinajstić information content (AvgIpc) is 3.07. The van der Waals surface area contributed by atoms with Crippen LogP contribution in [0.25, 0.3) is 22.4 Å². The summed E-state index contributed by atoms with van der Waals surface area (Å²) in [5, 5.41) is 1.56. The Morgan fingerprint density at radius 3 is 2.76 bits per heavy atom. The highest BCUT2D eigenvalue weighted by Crippen LogP contribution is 2.22. The molecule has 0 aliphatic rings. The van der Waals surface area contributed by atoms with E-state index in [0.29, 0.717) is 32.5 Å². The van der Waals surface area contributed by atoms with Crippen molar-refractivity contribution in [3.8, 4) is 11.5 Å². The van der Waals surface area contributed by atoms with Crippen molar-refractivity contribution in [2.75, 3.05) is 0 Å². The van der Waals surface area contributed by atoms with Gasteiger partial charge in [0.15, 0.2) is 0 Å². The minimum Gasteiger partial charge on any atom is -0.444 e. The number of hydrogen-bond donors (Lipinski definition) is 0. The van der Waals surface area contributed by atoms with Crippen LogP contribution >= 0.6 is 23.2 Å². The van der Waals surface area contributed by atoms with Crippen molar-refractivity contribution in [2.45, 2.75) is 6.54 Å². The average molecular weight is 372 g/mol. The van der Waals surface area contributed by atoms with Gasteiger partial charge in [-0.3, -0.25) is 9.36 Å². The minimum absolute atomic E-state index is 0.181. The molecule has 2 aromatic carbocycles. The highest BCUT2D eigenvalue weighted by Gasteiger charge is 2.10. The second kappa shape index (κ2) is 6.35. The van der Waals surface area contributed by atoms with Gasteiger partial charge in [-0.05, 0) is 36.4 Å². The largest absolute Gasteiger partial charge is 0.444 e. The Balaban J connectivity index is 1.68. The lowest BCUT2D eigenvalue weighted by atomic mass is 10.2. The molecule has 0 N–H and O–H groups in total. The molecule has 0 saturated heterocycles. The molecule has 7 heteroatoms. The maximum Gasteiger partial charge on any atom is 0.261 e. The minimum atomic E-state index is -0.181. The molecule has 0 aliphatic carbocycles. The van der Waals surface area contributed by atoms with E-state index < -0.39 is 0 Å². The van der Waals surface area contributed by atoms with Crippen molar-refractivity contribution in [2.24, 2.45) is 0 Å². The van der Waals surface area contributed by atoms with Gasteiger partial charge in [-0.1, -0.05) is 29.3 Å². The lowest BCUT2D eigenvalue weighted by molar-refractivity contribution is 0.571. The zero-order valence-corrected chi connectivity index (χ0v) is 14.3. The van der Waals surface area contributed by atoms with E-state index in [2.05, 4.69) is 9.97 Å². The number of fused-ring (bicyclic) bond motifs is 1. The monoisotopic (exact) mass is 371 g/mol. The first kappa shape index (κ1) is 15.9. The molecule has 0 saturated carbocycles. The molecule has 0 radical (unpaired) electrons. The van der Waals surface area contributed by atoms with Crippen molar-refractivity contribution in [1.29, 1.82) is 0 Å². The third-order valence-corrected chi connectivity index (χ3v) is 4.21. The normalized spacial score (nSPS) is 11.1. The van der Waals surface area contributed by atoms with Crippen molar-refractivity contribution in [3.05, 3.63) is 81.1 Å². The second-order valence-corrected chi connectivity index (χ2v) is 6.37. The topological polar surface area (TPSA) is 60.9 Å². The standard InChI is InChI=1S/C18H11Cl2N3O2/c19-12-3-1-2-11(6-12)17-22-14(9-25-17)8-23-10-21-16-5-4-13(20)7-15(16)18(23)24/h1-7,9-10H,8H2. The number of hydrogen-bond acceptors (Lipinski definition) is 4. The fourth-order valence-electron chi connectivity index (χ4n) is 2.55. The van der Waals surface area contributed by atoms with E-state index in [1.165, 1.54) is 17.2 Å². The molecule has 5 nitrogen and oxygen atoms in total. The number of halogens is 2. The van der Waals surface area contributed by atoms with Gasteiger partial charge in [0.1, 0.15) is 6.26 Å². The first-order chi connectivity index (χ1) is 12.1. The summed E-state index contributed by atoms with van der Waals surface area (Å²) in [4.78, 5) is 21.3. The summed E-state index contributed by atoms with van der Waals surface area (Å²) in [5.74, 6) is 0.447. The first-order valence-electron chi connectivity index (χ1n) is 7.45. The highest BCUT2D eigenvalue weighted by atomic mass is 35.5. The molecule has 4 aromatic rings. The number of oxazole rings is 1. The fraction of sp³-hybridized carbons (Fsp3) is 0.0556. The molecule has 25 heavy (non-hydrogen) atoms. The van der Waals surface area contributed by atoms with Gasteiger partial charge in [0.05, 0.1) is 29.5 Å². The van der Waals surface area contributed by atoms with Crippen LogP contribution in [0, 0.1) is 0 Å². The smallest absolute Gasteiger partial charge is 0.261 e. The third-order valence-electron chi connectivity index (χ3n) is 3.74. The van der Waals surface area contributed by atoms with Gasteiger partial charge < -0.3 is 4.42 Å². The van der Waals surface area contributed by atoms with E-state index in [1.807, 2.05) is 12.1 Å². The molecule has 0 spiro atoms. The van der Waals surface area contributed by atoms with E-state index in [1.54, 1.807) is 30.3 Å². The van der Waals surface area contributed by atoms with Gasteiger partial charge >= 0.3 is 0 Å². The maximum absolute atomic E-state index is 12.6. The van der Waals surface area contributed by atoms with Gasteiger partial charge in [0.25, 0.3) is 5.56 Å². The molecule has 0 aliphatic heterocycles. The van der Waals surface area contributed by atoms with Crippen LogP contribution in [0.15, 0.2) is 64.3 Å². The molecule has 124 valence electrons. The molecule has 2 aromatic heterocycles. The summed E-state index contributed by atoms with van der Waals surface area (Å²) in [6, 6.07) is 12.3. The van der Waals surface area contributed by atoms with E-state index >= 15 is 0 Å². The maximum atomic E-state index is 12.6. The molecule has 4 rings (SSSR count). The van der Waals surface area contributed by atoms with Crippen LogP contribution < -0.4 is 5.56 Å². The lowest BCUT2D eigenvalue weighted by Crippen LogP contribution is -2.21. The van der Waals surface area contributed by atoms with E-state index in [4.69, 9.17) is 27.6 Å². The molecule has 0 bridgehead atoms. The third kappa shape index (κ3) is 3.16. The molecule has 0 atom stereocenters. The number of nitrogens with zero attached hydrogens (tertiary/aromatic N) is 3. The Labute approximate surface area is 152 Å². The van der Waals surface area contributed by atoms with Gasteiger partial charge in [0.2, 0.25) is 5.89 Å². The molecular weight excluding hydrogens is 361 g/mol. The van der Waals surface area contributed by atoms with Crippen LogP contribution in [-0.2, 0) is 6.54 Å².